The number of pyridine rings is 2. The Bertz CT molecular complexity index is 1200. The summed E-state index contributed by atoms with van der Waals surface area (Å²) in [6.45, 7) is 5.95. The first kappa shape index (κ1) is 21.4. The lowest BCUT2D eigenvalue weighted by molar-refractivity contribution is -0.531. The maximum Gasteiger partial charge on any atom is 0.321 e. The molecule has 3 aromatic rings. The molecular weight excluding hydrogens is 418 g/mol. The molecule has 0 aromatic carbocycles. The maximum atomic E-state index is 12.2. The number of nitrogens with zero attached hydrogens (tertiary/aromatic N) is 5. The molecule has 4 heterocycles. The molecular formula is C24H30N7O2+. The van der Waals surface area contributed by atoms with E-state index >= 15 is 0 Å². The molecule has 3 aromatic heterocycles. The van der Waals surface area contributed by atoms with E-state index in [2.05, 4.69) is 47.0 Å². The third-order valence-electron chi connectivity index (χ3n) is 6.81. The summed E-state index contributed by atoms with van der Waals surface area (Å²) in [7, 11) is 1.74. The molecule has 9 nitrogen and oxygen atoms in total. The van der Waals surface area contributed by atoms with E-state index in [1.807, 2.05) is 25.3 Å². The number of aryl methyl sites for hydroxylation is 1. The van der Waals surface area contributed by atoms with Crippen molar-refractivity contribution in [3.63, 3.8) is 0 Å². The van der Waals surface area contributed by atoms with Crippen molar-refractivity contribution in [2.75, 3.05) is 43.4 Å². The highest BCUT2D eigenvalue weighted by Crippen LogP contribution is 2.31. The zero-order chi connectivity index (χ0) is 22.8. The van der Waals surface area contributed by atoms with Gasteiger partial charge in [0, 0.05) is 37.1 Å². The van der Waals surface area contributed by atoms with E-state index in [4.69, 9.17) is 4.52 Å². The fourth-order valence-corrected chi connectivity index (χ4v) is 4.83. The minimum absolute atomic E-state index is 0.0681. The number of aromatic amines is 1. The van der Waals surface area contributed by atoms with Gasteiger partial charge in [-0.2, -0.15) is 4.98 Å². The smallest absolute Gasteiger partial charge is 0.321 e. The zero-order valence-corrected chi connectivity index (χ0v) is 19.2. The molecule has 2 fully saturated rings. The van der Waals surface area contributed by atoms with Gasteiger partial charge in [-0.15, -0.1) is 0 Å². The second-order valence-corrected chi connectivity index (χ2v) is 8.68. The molecule has 9 heteroatoms. The van der Waals surface area contributed by atoms with Crippen molar-refractivity contribution < 1.29 is 9.10 Å². The standard InChI is InChI=1S/C24H29N7O2/c1-3-16-5-8-20(27-23(16)32)17-4-6-18(14-17)30-10-12-31(13-11-30)19-7-9-21(26-15-19)22-28-24(25-2)33-29-22/h5,7-9,15,17H,3-4,6,10-14H2,1-2H3,(H-,25,27,28,29,32)/p+1/t17-/m1/s1. The van der Waals surface area contributed by atoms with Crippen LogP contribution in [0.5, 0.6) is 0 Å². The first-order valence-corrected chi connectivity index (χ1v) is 11.7. The molecule has 0 spiro atoms. The number of hydrogen-bond donors (Lipinski definition) is 2. The number of piperazine rings is 1. The highest BCUT2D eigenvalue weighted by molar-refractivity contribution is 5.83. The number of H-pyrrole nitrogens is 1. The highest BCUT2D eigenvalue weighted by atomic mass is 16.5. The Morgan fingerprint density at radius 3 is 2.76 bits per heavy atom. The van der Waals surface area contributed by atoms with Gasteiger partial charge in [-0.3, -0.25) is 9.78 Å². The number of rotatable bonds is 5. The van der Waals surface area contributed by atoms with E-state index in [0.717, 1.165) is 68.8 Å². The highest BCUT2D eigenvalue weighted by Gasteiger charge is 2.31. The van der Waals surface area contributed by atoms with E-state index in [1.165, 1.54) is 5.71 Å². The largest absolute Gasteiger partial charge is 0.358 e. The van der Waals surface area contributed by atoms with Gasteiger partial charge in [-0.25, -0.2) is 4.58 Å². The van der Waals surface area contributed by atoms with Crippen LogP contribution < -0.4 is 15.8 Å². The number of anilines is 2. The molecule has 1 aliphatic carbocycles. The molecule has 5 rings (SSSR count). The van der Waals surface area contributed by atoms with Gasteiger partial charge in [0.25, 0.3) is 5.56 Å². The summed E-state index contributed by atoms with van der Waals surface area (Å²) in [6.07, 6.45) is 5.91. The third-order valence-corrected chi connectivity index (χ3v) is 6.81. The van der Waals surface area contributed by atoms with E-state index in [-0.39, 0.29) is 5.56 Å². The second-order valence-electron chi connectivity index (χ2n) is 8.68. The van der Waals surface area contributed by atoms with Crippen LogP contribution in [0.1, 0.15) is 43.4 Å². The molecule has 0 bridgehead atoms. The van der Waals surface area contributed by atoms with E-state index in [0.29, 0.717) is 23.5 Å². The molecule has 0 amide bonds. The van der Waals surface area contributed by atoms with Crippen LogP contribution >= 0.6 is 0 Å². The third kappa shape index (κ3) is 4.40. The SMILES string of the molecule is CCc1ccc([C@@H]2CCC(=[N+]3CCN(c4ccc(-c5noc(NC)n5)nc4)CC3)C2)[nH]c1=O. The summed E-state index contributed by atoms with van der Waals surface area (Å²) in [6, 6.07) is 8.48. The van der Waals surface area contributed by atoms with E-state index in [9.17, 15) is 4.79 Å². The fourth-order valence-electron chi connectivity index (χ4n) is 4.83. The predicted octanol–water partition coefficient (Wildman–Crippen LogP) is 2.67. The van der Waals surface area contributed by atoms with Crippen LogP contribution in [0.25, 0.3) is 11.5 Å². The van der Waals surface area contributed by atoms with Crippen molar-refractivity contribution in [1.29, 1.82) is 0 Å². The fraction of sp³-hybridized carbons (Fsp3) is 0.458. The number of hydrogen-bond acceptors (Lipinski definition) is 7. The van der Waals surface area contributed by atoms with Gasteiger partial charge >= 0.3 is 6.01 Å². The Hall–Kier alpha value is -3.49. The lowest BCUT2D eigenvalue weighted by atomic mass is 10.0. The van der Waals surface area contributed by atoms with Gasteiger partial charge in [0.1, 0.15) is 5.69 Å². The lowest BCUT2D eigenvalue weighted by Crippen LogP contribution is -2.43. The molecule has 2 aliphatic rings. The van der Waals surface area contributed by atoms with Crippen LogP contribution in [0.4, 0.5) is 11.7 Å². The summed E-state index contributed by atoms with van der Waals surface area (Å²) >= 11 is 0. The minimum Gasteiger partial charge on any atom is -0.358 e. The van der Waals surface area contributed by atoms with Gasteiger partial charge in [0.15, 0.2) is 18.8 Å². The van der Waals surface area contributed by atoms with Gasteiger partial charge in [-0.05, 0) is 31.0 Å². The Balaban J connectivity index is 1.21. The average Bonchev–Trinajstić information content (AvgIpc) is 3.55. The number of nitrogens with one attached hydrogen (secondary N) is 2. The molecule has 1 saturated carbocycles. The first-order chi connectivity index (χ1) is 16.1. The van der Waals surface area contributed by atoms with Crippen molar-refractivity contribution in [3.05, 3.63) is 52.1 Å². The van der Waals surface area contributed by atoms with Crippen molar-refractivity contribution in [1.82, 2.24) is 20.1 Å². The average molecular weight is 449 g/mol. The summed E-state index contributed by atoms with van der Waals surface area (Å²) in [5.41, 5.74) is 5.34. The Labute approximate surface area is 192 Å². The lowest BCUT2D eigenvalue weighted by Gasteiger charge is -2.27. The minimum atomic E-state index is 0.0681. The van der Waals surface area contributed by atoms with Crippen LogP contribution in [-0.4, -0.2) is 63.6 Å². The molecule has 33 heavy (non-hydrogen) atoms. The normalized spacial score (nSPS) is 18.7. The van der Waals surface area contributed by atoms with E-state index in [1.54, 1.807) is 7.05 Å². The van der Waals surface area contributed by atoms with Crippen molar-refractivity contribution >= 4 is 17.4 Å². The molecule has 172 valence electrons. The molecule has 0 radical (unpaired) electrons. The quantitative estimate of drug-likeness (QED) is 0.579. The molecule has 1 atom stereocenters. The van der Waals surface area contributed by atoms with Gasteiger partial charge in [0.2, 0.25) is 5.82 Å². The van der Waals surface area contributed by atoms with Crippen molar-refractivity contribution in [2.45, 2.75) is 38.5 Å². The Morgan fingerprint density at radius 1 is 1.24 bits per heavy atom. The summed E-state index contributed by atoms with van der Waals surface area (Å²) in [5.74, 6) is 0.899. The van der Waals surface area contributed by atoms with Crippen LogP contribution in [0.15, 0.2) is 39.8 Å². The van der Waals surface area contributed by atoms with Crippen LogP contribution in [-0.2, 0) is 6.42 Å². The van der Waals surface area contributed by atoms with Gasteiger partial charge < -0.3 is 19.7 Å². The zero-order valence-electron chi connectivity index (χ0n) is 19.2. The monoisotopic (exact) mass is 448 g/mol. The molecule has 2 N–H and O–H groups in total. The predicted molar refractivity (Wildman–Crippen MR) is 127 cm³/mol. The summed E-state index contributed by atoms with van der Waals surface area (Å²) in [4.78, 5) is 26.5. The van der Waals surface area contributed by atoms with E-state index < -0.39 is 0 Å². The van der Waals surface area contributed by atoms with Crippen LogP contribution in [0.2, 0.25) is 0 Å². The van der Waals surface area contributed by atoms with Crippen LogP contribution in [0, 0.1) is 0 Å². The topological polar surface area (TPSA) is 103 Å². The molecule has 1 saturated heterocycles. The van der Waals surface area contributed by atoms with Gasteiger partial charge in [-0.1, -0.05) is 18.1 Å². The second kappa shape index (κ2) is 9.17. The summed E-state index contributed by atoms with van der Waals surface area (Å²) in [5, 5.41) is 6.77. The Morgan fingerprint density at radius 2 is 2.09 bits per heavy atom. The van der Waals surface area contributed by atoms with Crippen molar-refractivity contribution in [3.8, 4) is 11.5 Å². The number of aromatic nitrogens is 4. The molecule has 0 unspecified atom stereocenters. The van der Waals surface area contributed by atoms with Crippen molar-refractivity contribution in [2.24, 2.45) is 0 Å². The summed E-state index contributed by atoms with van der Waals surface area (Å²) < 4.78 is 7.62. The maximum absolute atomic E-state index is 12.2. The molecule has 1 aliphatic heterocycles. The first-order valence-electron chi connectivity index (χ1n) is 11.7. The van der Waals surface area contributed by atoms with Gasteiger partial charge in [0.05, 0.1) is 25.0 Å². The Kier molecular flexibility index (Phi) is 5.93. The van der Waals surface area contributed by atoms with Crippen LogP contribution in [0.3, 0.4) is 0 Å².